The predicted octanol–water partition coefficient (Wildman–Crippen LogP) is 13.3. The van der Waals surface area contributed by atoms with Crippen molar-refractivity contribution in [3.8, 4) is 45.1 Å². The first-order chi connectivity index (χ1) is 25.8. The molecule has 1 N–H and O–H groups in total. The number of hydrogen-bond donors (Lipinski definition) is 1. The van der Waals surface area contributed by atoms with Crippen LogP contribution in [-0.2, 0) is 17.3 Å². The maximum Gasteiger partial charge on any atom is 0.147 e. The zero-order chi connectivity index (χ0) is 38.2. The van der Waals surface area contributed by atoms with E-state index in [4.69, 9.17) is 9.98 Å². The van der Waals surface area contributed by atoms with Crippen LogP contribution in [0.1, 0.15) is 77.6 Å². The highest BCUT2D eigenvalue weighted by atomic mass is 16.3. The molecule has 1 heterocycles. The zero-order valence-corrected chi connectivity index (χ0v) is 32.9. The summed E-state index contributed by atoms with van der Waals surface area (Å²) < 4.78 is 2.23. The molecule has 0 unspecified atom stereocenters. The lowest BCUT2D eigenvalue weighted by molar-refractivity contribution is 0.444. The Labute approximate surface area is 320 Å². The van der Waals surface area contributed by atoms with Gasteiger partial charge >= 0.3 is 0 Å². The van der Waals surface area contributed by atoms with Gasteiger partial charge in [0.1, 0.15) is 11.6 Å². The molecule has 0 spiro atoms. The molecule has 0 aliphatic heterocycles. The summed E-state index contributed by atoms with van der Waals surface area (Å²) in [4.78, 5) is 10.5. The first kappa shape index (κ1) is 36.6. The number of rotatable bonds is 8. The van der Waals surface area contributed by atoms with Crippen LogP contribution >= 0.6 is 0 Å². The molecule has 0 aliphatic carbocycles. The molecule has 0 bridgehead atoms. The average Bonchev–Trinajstić information content (AvgIpc) is 3.54. The lowest BCUT2D eigenvalue weighted by Crippen LogP contribution is -2.17. The van der Waals surface area contributed by atoms with Crippen molar-refractivity contribution in [3.05, 3.63) is 156 Å². The van der Waals surface area contributed by atoms with E-state index in [-0.39, 0.29) is 16.6 Å². The number of nitrogens with zero attached hydrogens (tertiary/aromatic N) is 3. The fourth-order valence-corrected chi connectivity index (χ4v) is 7.22. The summed E-state index contributed by atoms with van der Waals surface area (Å²) in [6.07, 6.45) is 2.87. The van der Waals surface area contributed by atoms with E-state index < -0.39 is 0 Å². The van der Waals surface area contributed by atoms with Crippen LogP contribution in [0.15, 0.2) is 138 Å². The average molecular weight is 710 g/mol. The van der Waals surface area contributed by atoms with Gasteiger partial charge in [-0.25, -0.2) is 4.98 Å². The van der Waals surface area contributed by atoms with E-state index in [1.54, 1.807) is 6.21 Å². The number of phenols is 1. The molecular formula is C50H51N3O. The lowest BCUT2D eigenvalue weighted by Gasteiger charge is -2.27. The fraction of sp³-hybridized carbons (Fsp3) is 0.240. The largest absolute Gasteiger partial charge is 0.507 e. The van der Waals surface area contributed by atoms with Crippen molar-refractivity contribution >= 4 is 22.9 Å². The number of aromatic nitrogens is 2. The molecule has 0 saturated heterocycles. The van der Waals surface area contributed by atoms with Gasteiger partial charge in [-0.3, -0.25) is 9.56 Å². The molecule has 272 valence electrons. The van der Waals surface area contributed by atoms with Crippen LogP contribution in [-0.4, -0.2) is 20.9 Å². The first-order valence-electron chi connectivity index (χ1n) is 19.1. The van der Waals surface area contributed by atoms with Gasteiger partial charge in [-0.1, -0.05) is 152 Å². The van der Waals surface area contributed by atoms with E-state index in [1.165, 1.54) is 16.7 Å². The summed E-state index contributed by atoms with van der Waals surface area (Å²) in [6, 6.07) is 46.9. The Balaban J connectivity index is 1.35. The first-order valence-corrected chi connectivity index (χ1v) is 19.1. The van der Waals surface area contributed by atoms with Gasteiger partial charge in [0.15, 0.2) is 0 Å². The minimum atomic E-state index is -0.233. The number of hydrogen-bond acceptors (Lipinski definition) is 3. The van der Waals surface area contributed by atoms with E-state index in [0.29, 0.717) is 11.5 Å². The lowest BCUT2D eigenvalue weighted by atomic mass is 9.79. The highest BCUT2D eigenvalue weighted by Gasteiger charge is 2.25. The molecule has 7 aromatic rings. The smallest absolute Gasteiger partial charge is 0.147 e. The van der Waals surface area contributed by atoms with Gasteiger partial charge < -0.3 is 5.11 Å². The van der Waals surface area contributed by atoms with Crippen molar-refractivity contribution in [2.45, 2.75) is 72.6 Å². The van der Waals surface area contributed by atoms with E-state index in [2.05, 4.69) is 169 Å². The van der Waals surface area contributed by atoms with Crippen LogP contribution in [0.5, 0.6) is 5.75 Å². The van der Waals surface area contributed by atoms with Crippen LogP contribution in [0.25, 0.3) is 50.4 Å². The maximum atomic E-state index is 11.5. The van der Waals surface area contributed by atoms with Crippen molar-refractivity contribution in [1.82, 2.24) is 9.55 Å². The molecule has 4 nitrogen and oxygen atoms in total. The molecule has 0 amide bonds. The molecule has 0 fully saturated rings. The third kappa shape index (κ3) is 7.52. The topological polar surface area (TPSA) is 50.4 Å². The van der Waals surface area contributed by atoms with Crippen LogP contribution in [0.2, 0.25) is 0 Å². The molecule has 0 aliphatic rings. The number of phenolic OH excluding ortho intramolecular Hbond substituents is 1. The summed E-state index contributed by atoms with van der Waals surface area (Å²) in [5.74, 6) is 1.69. The van der Waals surface area contributed by atoms with Gasteiger partial charge in [0.25, 0.3) is 0 Å². The van der Waals surface area contributed by atoms with E-state index in [9.17, 15) is 5.11 Å². The summed E-state index contributed by atoms with van der Waals surface area (Å²) >= 11 is 0. The second kappa shape index (κ2) is 14.6. The fourth-order valence-electron chi connectivity index (χ4n) is 7.22. The molecule has 0 saturated carbocycles. The van der Waals surface area contributed by atoms with E-state index in [0.717, 1.165) is 62.5 Å². The van der Waals surface area contributed by atoms with Gasteiger partial charge in [0, 0.05) is 34.2 Å². The second-order valence-corrected chi connectivity index (χ2v) is 16.9. The normalized spacial score (nSPS) is 12.3. The Kier molecular flexibility index (Phi) is 9.89. The second-order valence-electron chi connectivity index (χ2n) is 16.9. The van der Waals surface area contributed by atoms with Crippen molar-refractivity contribution in [2.24, 2.45) is 10.9 Å². The quantitative estimate of drug-likeness (QED) is 0.160. The molecule has 7 rings (SSSR count). The van der Waals surface area contributed by atoms with Gasteiger partial charge in [-0.05, 0) is 87.4 Å². The predicted molar refractivity (Wildman–Crippen MR) is 229 cm³/mol. The number of aromatic hydroxyl groups is 1. The number of para-hydroxylation sites is 3. The van der Waals surface area contributed by atoms with Gasteiger partial charge in [-0.15, -0.1) is 0 Å². The molecule has 1 aromatic heterocycles. The summed E-state index contributed by atoms with van der Waals surface area (Å²) in [6.45, 7) is 17.5. The van der Waals surface area contributed by atoms with E-state index in [1.807, 2.05) is 24.3 Å². The Morgan fingerprint density at radius 2 is 1.33 bits per heavy atom. The Bertz CT molecular complexity index is 2450. The third-order valence-electron chi connectivity index (χ3n) is 10.1. The molecular weight excluding hydrogens is 659 g/mol. The SMILES string of the molecule is CC(C)Cc1cccc(-c2ccc(-c3cccc4c3nc(-c3ccccc3N=Cc3cc(C(C)(C)C)cc(C(C)(C)C)c3O)n4-c3ccccc3)cc2)c1. The van der Waals surface area contributed by atoms with Crippen molar-refractivity contribution in [1.29, 1.82) is 0 Å². The Morgan fingerprint density at radius 1 is 0.667 bits per heavy atom. The van der Waals surface area contributed by atoms with Crippen LogP contribution in [0.3, 0.4) is 0 Å². The van der Waals surface area contributed by atoms with Crippen LogP contribution in [0.4, 0.5) is 5.69 Å². The monoisotopic (exact) mass is 709 g/mol. The standard InChI is InChI=1S/C50H51N3O/c1-33(2)28-34-16-14-17-37(29-34)35-24-26-36(27-25-35)41-21-15-23-45-46(41)52-48(53(45)40-18-10-9-11-19-40)42-20-12-13-22-44(42)51-32-38-30-39(49(3,4)5)31-43(47(38)54)50(6,7)8/h9-27,29-33,54H,28H2,1-8H3. The summed E-state index contributed by atoms with van der Waals surface area (Å²) in [5.41, 5.74) is 13.1. The highest BCUT2D eigenvalue weighted by Crippen LogP contribution is 2.40. The number of imidazole rings is 1. The molecule has 0 radical (unpaired) electrons. The van der Waals surface area contributed by atoms with Crippen molar-refractivity contribution < 1.29 is 5.11 Å². The maximum absolute atomic E-state index is 11.5. The summed E-state index contributed by atoms with van der Waals surface area (Å²) in [5, 5.41) is 11.5. The molecule has 6 aromatic carbocycles. The third-order valence-corrected chi connectivity index (χ3v) is 10.1. The van der Waals surface area contributed by atoms with Gasteiger partial charge in [-0.2, -0.15) is 0 Å². The Morgan fingerprint density at radius 3 is 2.04 bits per heavy atom. The van der Waals surface area contributed by atoms with Gasteiger partial charge in [0.05, 0.1) is 16.7 Å². The summed E-state index contributed by atoms with van der Waals surface area (Å²) in [7, 11) is 0. The Hall–Kier alpha value is -5.74. The zero-order valence-electron chi connectivity index (χ0n) is 32.9. The number of aliphatic imine (C=N–C) groups is 1. The highest BCUT2D eigenvalue weighted by molar-refractivity contribution is 5.97. The van der Waals surface area contributed by atoms with Crippen LogP contribution < -0.4 is 0 Å². The van der Waals surface area contributed by atoms with Crippen LogP contribution in [0, 0.1) is 5.92 Å². The minimum Gasteiger partial charge on any atom is -0.507 e. The minimum absolute atomic E-state index is 0.0920. The molecule has 4 heteroatoms. The van der Waals surface area contributed by atoms with Crippen molar-refractivity contribution in [3.63, 3.8) is 0 Å². The number of benzene rings is 6. The van der Waals surface area contributed by atoms with Crippen molar-refractivity contribution in [2.75, 3.05) is 0 Å². The van der Waals surface area contributed by atoms with Gasteiger partial charge in [0.2, 0.25) is 0 Å². The number of fused-ring (bicyclic) bond motifs is 1. The van der Waals surface area contributed by atoms with E-state index >= 15 is 0 Å². The molecule has 0 atom stereocenters. The molecule has 54 heavy (non-hydrogen) atoms.